The Hall–Kier alpha value is -3.58. The zero-order valence-electron chi connectivity index (χ0n) is 17.8. The summed E-state index contributed by atoms with van der Waals surface area (Å²) in [6, 6.07) is 17.9. The maximum Gasteiger partial charge on any atom is 0.348 e. The molecule has 7 heteroatoms. The number of thiophene rings is 1. The molecule has 0 spiro atoms. The van der Waals surface area contributed by atoms with Gasteiger partial charge in [-0.15, -0.1) is 11.3 Å². The van der Waals surface area contributed by atoms with Gasteiger partial charge in [0.15, 0.2) is 5.78 Å². The minimum Gasteiger partial charge on any atom is -0.461 e. The Morgan fingerprint density at radius 1 is 1.06 bits per heavy atom. The fourth-order valence-electron chi connectivity index (χ4n) is 3.55. The van der Waals surface area contributed by atoms with Crippen molar-refractivity contribution in [1.29, 1.82) is 0 Å². The number of ketones is 1. The Bertz CT molecular complexity index is 1330. The molecule has 2 aromatic carbocycles. The van der Waals surface area contributed by atoms with Crippen LogP contribution in [0.25, 0.3) is 10.2 Å². The van der Waals surface area contributed by atoms with Crippen LogP contribution in [0, 0.1) is 6.92 Å². The molecule has 0 aliphatic carbocycles. The lowest BCUT2D eigenvalue weighted by atomic mass is 10.1. The van der Waals surface area contributed by atoms with E-state index < -0.39 is 12.0 Å². The summed E-state index contributed by atoms with van der Waals surface area (Å²) < 4.78 is 6.76. The molecule has 0 amide bonds. The summed E-state index contributed by atoms with van der Waals surface area (Å²) in [6.07, 6.45) is 1.98. The number of aryl methyl sites for hydroxylation is 1. The maximum atomic E-state index is 13.2. The van der Waals surface area contributed by atoms with Crippen molar-refractivity contribution in [3.05, 3.63) is 98.9 Å². The molecular formula is C25H22N2O4S. The number of nitrogens with zero attached hydrogens (tertiary/aromatic N) is 2. The maximum absolute atomic E-state index is 13.2. The topological polar surface area (TPSA) is 78.3 Å². The smallest absolute Gasteiger partial charge is 0.348 e. The van der Waals surface area contributed by atoms with Gasteiger partial charge in [-0.1, -0.05) is 60.7 Å². The van der Waals surface area contributed by atoms with Crippen molar-refractivity contribution in [3.8, 4) is 0 Å². The minimum atomic E-state index is -0.720. The first-order valence-corrected chi connectivity index (χ1v) is 11.1. The van der Waals surface area contributed by atoms with Gasteiger partial charge >= 0.3 is 5.97 Å². The first-order chi connectivity index (χ1) is 15.5. The Morgan fingerprint density at radius 3 is 2.41 bits per heavy atom. The lowest BCUT2D eigenvalue weighted by molar-refractivity contribution is 0.0514. The normalized spacial score (nSPS) is 11.9. The van der Waals surface area contributed by atoms with Crippen LogP contribution in [-0.2, 0) is 11.2 Å². The van der Waals surface area contributed by atoms with Crippen molar-refractivity contribution in [2.75, 3.05) is 6.61 Å². The van der Waals surface area contributed by atoms with Gasteiger partial charge < -0.3 is 4.74 Å². The van der Waals surface area contributed by atoms with Gasteiger partial charge in [0.05, 0.1) is 24.4 Å². The van der Waals surface area contributed by atoms with E-state index in [1.807, 2.05) is 36.4 Å². The van der Waals surface area contributed by atoms with Gasteiger partial charge in [-0.2, -0.15) is 0 Å². The number of carbonyl (C=O) groups is 2. The van der Waals surface area contributed by atoms with Gasteiger partial charge in [0.1, 0.15) is 9.71 Å². The Morgan fingerprint density at radius 2 is 1.72 bits per heavy atom. The molecule has 0 bridgehead atoms. The number of esters is 1. The third-order valence-electron chi connectivity index (χ3n) is 5.38. The van der Waals surface area contributed by atoms with Crippen molar-refractivity contribution in [3.63, 3.8) is 0 Å². The molecule has 0 saturated heterocycles. The number of aromatic nitrogens is 2. The molecule has 0 fully saturated rings. The molecule has 0 radical (unpaired) electrons. The van der Waals surface area contributed by atoms with E-state index in [4.69, 9.17) is 4.74 Å². The third kappa shape index (κ3) is 4.24. The molecule has 4 aromatic rings. The summed E-state index contributed by atoms with van der Waals surface area (Å²) in [5.41, 5.74) is 1.79. The number of benzene rings is 2. The molecule has 4 rings (SSSR count). The van der Waals surface area contributed by atoms with Gasteiger partial charge in [0, 0.05) is 12.0 Å². The van der Waals surface area contributed by atoms with Crippen LogP contribution in [0.4, 0.5) is 0 Å². The second-order valence-corrected chi connectivity index (χ2v) is 8.47. The average molecular weight is 447 g/mol. The summed E-state index contributed by atoms with van der Waals surface area (Å²) in [5.74, 6) is -0.650. The van der Waals surface area contributed by atoms with Crippen LogP contribution in [0.3, 0.4) is 0 Å². The number of carbonyl (C=O) groups excluding carboxylic acids is 2. The number of rotatable bonds is 7. The van der Waals surface area contributed by atoms with E-state index in [0.29, 0.717) is 32.6 Å². The van der Waals surface area contributed by atoms with Gasteiger partial charge in [-0.3, -0.25) is 14.2 Å². The quantitative estimate of drug-likeness (QED) is 0.306. The molecule has 162 valence electrons. The van der Waals surface area contributed by atoms with Crippen LogP contribution < -0.4 is 5.56 Å². The molecule has 6 nitrogen and oxygen atoms in total. The van der Waals surface area contributed by atoms with E-state index in [0.717, 1.165) is 16.9 Å². The number of hydrogen-bond donors (Lipinski definition) is 0. The van der Waals surface area contributed by atoms with Crippen LogP contribution >= 0.6 is 11.3 Å². The summed E-state index contributed by atoms with van der Waals surface area (Å²) in [4.78, 5) is 43.8. The predicted molar refractivity (Wildman–Crippen MR) is 125 cm³/mol. The summed E-state index contributed by atoms with van der Waals surface area (Å²) in [5, 5.41) is 0.347. The van der Waals surface area contributed by atoms with Crippen LogP contribution in [0.2, 0.25) is 0 Å². The molecule has 2 heterocycles. The molecule has 1 atom stereocenters. The fraction of sp³-hybridized carbons (Fsp3) is 0.200. The molecule has 2 aromatic heterocycles. The van der Waals surface area contributed by atoms with E-state index in [2.05, 4.69) is 4.98 Å². The van der Waals surface area contributed by atoms with E-state index in [-0.39, 0.29) is 17.9 Å². The van der Waals surface area contributed by atoms with Crippen molar-refractivity contribution in [1.82, 2.24) is 9.55 Å². The minimum absolute atomic E-state index is 0.178. The average Bonchev–Trinajstić information content (AvgIpc) is 3.17. The van der Waals surface area contributed by atoms with Gasteiger partial charge in [0.25, 0.3) is 5.56 Å². The van der Waals surface area contributed by atoms with Crippen molar-refractivity contribution >= 4 is 33.3 Å². The number of hydrogen-bond acceptors (Lipinski definition) is 6. The van der Waals surface area contributed by atoms with E-state index >= 15 is 0 Å². The first-order valence-electron chi connectivity index (χ1n) is 10.3. The molecule has 0 aliphatic heterocycles. The zero-order chi connectivity index (χ0) is 22.7. The highest BCUT2D eigenvalue weighted by atomic mass is 32.1. The predicted octanol–water partition coefficient (Wildman–Crippen LogP) is 4.61. The first kappa shape index (κ1) is 21.6. The third-order valence-corrected chi connectivity index (χ3v) is 6.56. The largest absolute Gasteiger partial charge is 0.461 e. The van der Waals surface area contributed by atoms with Gasteiger partial charge in [-0.05, 0) is 25.0 Å². The van der Waals surface area contributed by atoms with Crippen molar-refractivity contribution in [2.45, 2.75) is 26.3 Å². The van der Waals surface area contributed by atoms with Gasteiger partial charge in [-0.25, -0.2) is 9.78 Å². The Labute approximate surface area is 189 Å². The van der Waals surface area contributed by atoms with Crippen molar-refractivity contribution in [2.24, 2.45) is 0 Å². The number of Topliss-reactive ketones (excluding diaryl/α,β-unsaturated/α-hetero) is 1. The Balaban J connectivity index is 1.57. The standard InChI is InChI=1S/C25H22N2O4S/c1-16-20-23(32-22(16)25(30)31-14-13-18-9-5-3-6-10-18)26-15-27(24(20)29)17(2)21(28)19-11-7-4-8-12-19/h3-12,15,17H,13-14H2,1-2H3. The molecule has 0 N–H and O–H groups in total. The number of ether oxygens (including phenoxy) is 1. The summed E-state index contributed by atoms with van der Waals surface area (Å²) >= 11 is 1.13. The van der Waals surface area contributed by atoms with E-state index in [1.165, 1.54) is 10.9 Å². The summed E-state index contributed by atoms with van der Waals surface area (Å²) in [6.45, 7) is 3.63. The molecule has 0 saturated carbocycles. The zero-order valence-corrected chi connectivity index (χ0v) is 18.6. The molecule has 1 unspecified atom stereocenters. The highest BCUT2D eigenvalue weighted by Gasteiger charge is 2.24. The van der Waals surface area contributed by atoms with Crippen molar-refractivity contribution < 1.29 is 14.3 Å². The molecule has 0 aliphatic rings. The lowest BCUT2D eigenvalue weighted by Crippen LogP contribution is -2.28. The van der Waals surface area contributed by atoms with Gasteiger partial charge in [0.2, 0.25) is 0 Å². The second-order valence-electron chi connectivity index (χ2n) is 7.47. The highest BCUT2D eigenvalue weighted by molar-refractivity contribution is 7.20. The number of fused-ring (bicyclic) bond motifs is 1. The van der Waals surface area contributed by atoms with Crippen LogP contribution in [0.5, 0.6) is 0 Å². The monoisotopic (exact) mass is 446 g/mol. The van der Waals surface area contributed by atoms with Crippen LogP contribution in [0.15, 0.2) is 71.8 Å². The molecular weight excluding hydrogens is 424 g/mol. The van der Waals surface area contributed by atoms with Crippen LogP contribution in [0.1, 0.15) is 44.1 Å². The highest BCUT2D eigenvalue weighted by Crippen LogP contribution is 2.28. The van der Waals surface area contributed by atoms with E-state index in [1.54, 1.807) is 38.1 Å². The fourth-order valence-corrected chi connectivity index (χ4v) is 4.58. The lowest BCUT2D eigenvalue weighted by Gasteiger charge is -2.13. The SMILES string of the molecule is Cc1c(C(=O)OCCc2ccccc2)sc2ncn(C(C)C(=O)c3ccccc3)c(=O)c12. The van der Waals surface area contributed by atoms with Crippen LogP contribution in [-0.4, -0.2) is 27.9 Å². The summed E-state index contributed by atoms with van der Waals surface area (Å²) in [7, 11) is 0. The second kappa shape index (κ2) is 9.28. The molecule has 32 heavy (non-hydrogen) atoms. The Kier molecular flexibility index (Phi) is 6.28. The van der Waals surface area contributed by atoms with E-state index in [9.17, 15) is 14.4 Å².